The molecule has 11 heteroatoms. The Bertz CT molecular complexity index is 756. The molecule has 166 valence electrons. The SMILES string of the molecule is CC(C)C(NC(=O)CNC(=O)C(N)CS)C(=O)NC(Cc1ccc(O)cc1)C(=O)O. The van der Waals surface area contributed by atoms with Crippen LogP contribution in [0.4, 0.5) is 0 Å². The Balaban J connectivity index is 2.73. The van der Waals surface area contributed by atoms with E-state index >= 15 is 0 Å². The molecule has 3 unspecified atom stereocenters. The number of carboxylic acid groups (broad SMARTS) is 1. The van der Waals surface area contributed by atoms with Crippen molar-refractivity contribution >= 4 is 36.3 Å². The maximum atomic E-state index is 12.6. The summed E-state index contributed by atoms with van der Waals surface area (Å²) in [6.45, 7) is 3.00. The number of phenols is 1. The third kappa shape index (κ3) is 8.29. The van der Waals surface area contributed by atoms with Gasteiger partial charge in [-0.05, 0) is 23.6 Å². The van der Waals surface area contributed by atoms with E-state index in [1.807, 2.05) is 0 Å². The van der Waals surface area contributed by atoms with Crippen LogP contribution in [0.3, 0.4) is 0 Å². The summed E-state index contributed by atoms with van der Waals surface area (Å²) in [5.74, 6) is -3.25. The Kier molecular flexibility index (Phi) is 10.1. The summed E-state index contributed by atoms with van der Waals surface area (Å²) >= 11 is 3.90. The second-order valence-corrected chi connectivity index (χ2v) is 7.43. The van der Waals surface area contributed by atoms with E-state index in [1.54, 1.807) is 26.0 Å². The van der Waals surface area contributed by atoms with Crippen molar-refractivity contribution in [3.8, 4) is 5.75 Å². The Labute approximate surface area is 180 Å². The van der Waals surface area contributed by atoms with E-state index < -0.39 is 41.8 Å². The van der Waals surface area contributed by atoms with Gasteiger partial charge in [-0.2, -0.15) is 12.6 Å². The summed E-state index contributed by atoms with van der Waals surface area (Å²) in [4.78, 5) is 47.9. The number of phenolic OH excluding ortho intramolecular Hbond substituents is 1. The molecule has 0 radical (unpaired) electrons. The Morgan fingerprint density at radius 3 is 2.17 bits per heavy atom. The molecule has 0 aliphatic carbocycles. The molecule has 7 N–H and O–H groups in total. The third-order valence-electron chi connectivity index (χ3n) is 4.21. The number of carbonyl (C=O) groups excluding carboxylic acids is 3. The van der Waals surface area contributed by atoms with Crippen LogP contribution in [0.15, 0.2) is 24.3 Å². The van der Waals surface area contributed by atoms with Crippen LogP contribution >= 0.6 is 12.6 Å². The summed E-state index contributed by atoms with van der Waals surface area (Å²) < 4.78 is 0. The smallest absolute Gasteiger partial charge is 0.326 e. The molecule has 1 rings (SSSR count). The van der Waals surface area contributed by atoms with Crippen LogP contribution in [0.5, 0.6) is 5.75 Å². The van der Waals surface area contributed by atoms with E-state index in [4.69, 9.17) is 5.73 Å². The molecule has 0 saturated heterocycles. The molecule has 0 aliphatic heterocycles. The predicted molar refractivity (Wildman–Crippen MR) is 113 cm³/mol. The van der Waals surface area contributed by atoms with Crippen molar-refractivity contribution in [2.45, 2.75) is 38.4 Å². The molecule has 0 aliphatic rings. The highest BCUT2D eigenvalue weighted by Gasteiger charge is 2.29. The van der Waals surface area contributed by atoms with Gasteiger partial charge in [0.15, 0.2) is 0 Å². The predicted octanol–water partition coefficient (Wildman–Crippen LogP) is -0.982. The van der Waals surface area contributed by atoms with Crippen molar-refractivity contribution in [1.29, 1.82) is 0 Å². The van der Waals surface area contributed by atoms with E-state index in [1.165, 1.54) is 12.1 Å². The first-order valence-electron chi connectivity index (χ1n) is 9.29. The van der Waals surface area contributed by atoms with Crippen LogP contribution in [0.25, 0.3) is 0 Å². The monoisotopic (exact) mass is 440 g/mol. The van der Waals surface area contributed by atoms with Gasteiger partial charge in [0, 0.05) is 12.2 Å². The molecule has 1 aromatic rings. The lowest BCUT2D eigenvalue weighted by Gasteiger charge is -2.24. The maximum Gasteiger partial charge on any atom is 0.326 e. The molecule has 0 aromatic heterocycles. The zero-order valence-corrected chi connectivity index (χ0v) is 17.7. The Morgan fingerprint density at radius 2 is 1.67 bits per heavy atom. The lowest BCUT2D eigenvalue weighted by atomic mass is 10.0. The van der Waals surface area contributed by atoms with E-state index in [0.29, 0.717) is 5.56 Å². The minimum absolute atomic E-state index is 0.00219. The highest BCUT2D eigenvalue weighted by atomic mass is 32.1. The van der Waals surface area contributed by atoms with Crippen molar-refractivity contribution < 1.29 is 29.4 Å². The molecule has 1 aromatic carbocycles. The van der Waals surface area contributed by atoms with Gasteiger partial charge in [0.25, 0.3) is 0 Å². The van der Waals surface area contributed by atoms with Crippen LogP contribution in [0.2, 0.25) is 0 Å². The van der Waals surface area contributed by atoms with Crippen molar-refractivity contribution in [2.24, 2.45) is 11.7 Å². The number of thiol groups is 1. The Hall–Kier alpha value is -2.79. The largest absolute Gasteiger partial charge is 0.508 e. The standard InChI is InChI=1S/C19H28N4O6S/c1-10(2)16(23-15(25)8-21-17(26)13(20)9-30)18(27)22-14(19(28)29)7-11-3-5-12(24)6-4-11/h3-6,10,13-14,16,24,30H,7-9,20H2,1-2H3,(H,21,26)(H,22,27)(H,23,25)(H,28,29). The van der Waals surface area contributed by atoms with Gasteiger partial charge in [-0.25, -0.2) is 4.79 Å². The normalized spacial score (nSPS) is 13.8. The van der Waals surface area contributed by atoms with Gasteiger partial charge in [0.05, 0.1) is 12.6 Å². The fourth-order valence-corrected chi connectivity index (χ4v) is 2.64. The summed E-state index contributed by atoms with van der Waals surface area (Å²) in [6, 6.07) is 2.85. The summed E-state index contributed by atoms with van der Waals surface area (Å²) in [6.07, 6.45) is -0.00219. The van der Waals surface area contributed by atoms with Gasteiger partial charge in [-0.15, -0.1) is 0 Å². The number of hydrogen-bond donors (Lipinski definition) is 7. The van der Waals surface area contributed by atoms with Crippen molar-refractivity contribution in [1.82, 2.24) is 16.0 Å². The van der Waals surface area contributed by atoms with Crippen LogP contribution < -0.4 is 21.7 Å². The number of nitrogens with two attached hydrogens (primary N) is 1. The van der Waals surface area contributed by atoms with Gasteiger partial charge < -0.3 is 31.9 Å². The average molecular weight is 441 g/mol. The highest BCUT2D eigenvalue weighted by Crippen LogP contribution is 2.12. The molecule has 0 heterocycles. The number of hydrogen-bond acceptors (Lipinski definition) is 7. The molecule has 0 bridgehead atoms. The van der Waals surface area contributed by atoms with Gasteiger partial charge in [-0.3, -0.25) is 14.4 Å². The van der Waals surface area contributed by atoms with Crippen LogP contribution in [0, 0.1) is 5.92 Å². The molecule has 30 heavy (non-hydrogen) atoms. The average Bonchev–Trinajstić information content (AvgIpc) is 2.70. The summed E-state index contributed by atoms with van der Waals surface area (Å²) in [5, 5.41) is 26.0. The quantitative estimate of drug-likeness (QED) is 0.217. The zero-order valence-electron chi connectivity index (χ0n) is 16.8. The van der Waals surface area contributed by atoms with E-state index in [9.17, 15) is 29.4 Å². The topological polar surface area (TPSA) is 171 Å². The molecule has 0 spiro atoms. The zero-order chi connectivity index (χ0) is 22.8. The molecular formula is C19H28N4O6S. The van der Waals surface area contributed by atoms with Crippen molar-refractivity contribution in [3.63, 3.8) is 0 Å². The van der Waals surface area contributed by atoms with Crippen LogP contribution in [-0.2, 0) is 25.6 Å². The number of aliphatic carboxylic acids is 1. The second-order valence-electron chi connectivity index (χ2n) is 7.07. The Morgan fingerprint density at radius 1 is 1.07 bits per heavy atom. The van der Waals surface area contributed by atoms with Gasteiger partial charge in [-0.1, -0.05) is 26.0 Å². The first-order chi connectivity index (χ1) is 14.0. The highest BCUT2D eigenvalue weighted by molar-refractivity contribution is 7.80. The molecule has 0 saturated carbocycles. The fourth-order valence-electron chi connectivity index (χ4n) is 2.47. The number of nitrogens with one attached hydrogen (secondary N) is 3. The van der Waals surface area contributed by atoms with Gasteiger partial charge in [0.1, 0.15) is 17.8 Å². The molecule has 3 amide bonds. The van der Waals surface area contributed by atoms with E-state index in [-0.39, 0.29) is 30.4 Å². The lowest BCUT2D eigenvalue weighted by molar-refractivity contribution is -0.142. The molecule has 3 atom stereocenters. The number of carbonyl (C=O) groups is 4. The summed E-state index contributed by atoms with van der Waals surface area (Å²) in [7, 11) is 0. The fraction of sp³-hybridized carbons (Fsp3) is 0.474. The second kappa shape index (κ2) is 12.0. The molecular weight excluding hydrogens is 412 g/mol. The number of carboxylic acids is 1. The van der Waals surface area contributed by atoms with Crippen LogP contribution in [0.1, 0.15) is 19.4 Å². The van der Waals surface area contributed by atoms with Gasteiger partial charge in [0.2, 0.25) is 17.7 Å². The van der Waals surface area contributed by atoms with E-state index in [2.05, 4.69) is 28.6 Å². The summed E-state index contributed by atoms with van der Waals surface area (Å²) in [5.41, 5.74) is 6.11. The first kappa shape index (κ1) is 25.2. The van der Waals surface area contributed by atoms with Gasteiger partial charge >= 0.3 is 5.97 Å². The minimum atomic E-state index is -1.24. The number of rotatable bonds is 11. The lowest BCUT2D eigenvalue weighted by Crippen LogP contribution is -2.56. The molecule has 0 fully saturated rings. The van der Waals surface area contributed by atoms with Crippen molar-refractivity contribution in [3.05, 3.63) is 29.8 Å². The molecule has 10 nitrogen and oxygen atoms in total. The number of benzene rings is 1. The minimum Gasteiger partial charge on any atom is -0.508 e. The van der Waals surface area contributed by atoms with Crippen molar-refractivity contribution in [2.75, 3.05) is 12.3 Å². The van der Waals surface area contributed by atoms with E-state index in [0.717, 1.165) is 0 Å². The first-order valence-corrected chi connectivity index (χ1v) is 9.93. The third-order valence-corrected chi connectivity index (χ3v) is 4.61. The number of amides is 3. The maximum absolute atomic E-state index is 12.6. The van der Waals surface area contributed by atoms with Crippen LogP contribution in [-0.4, -0.2) is 64.3 Å². The number of aromatic hydroxyl groups is 1.